The van der Waals surface area contributed by atoms with Crippen LogP contribution < -0.4 is 10.6 Å². The van der Waals surface area contributed by atoms with E-state index in [2.05, 4.69) is 30.9 Å². The zero-order chi connectivity index (χ0) is 22.6. The molecule has 0 aliphatic rings. The number of aromatic nitrogens is 6. The summed E-state index contributed by atoms with van der Waals surface area (Å²) in [5, 5.41) is 18.5. The number of fused-ring (bicyclic) bond motifs is 1. The molecule has 4 heterocycles. The minimum Gasteiger partial charge on any atom is -0.363 e. The second kappa shape index (κ2) is 9.13. The Morgan fingerprint density at radius 2 is 2.03 bits per heavy atom. The van der Waals surface area contributed by atoms with Crippen LogP contribution >= 0.6 is 11.8 Å². The molecule has 9 nitrogen and oxygen atoms in total. The van der Waals surface area contributed by atoms with Crippen LogP contribution in [-0.4, -0.2) is 35.7 Å². The Kier molecular flexibility index (Phi) is 5.73. The molecule has 0 atom stereocenters. The topological polar surface area (TPSA) is 113 Å². The summed E-state index contributed by atoms with van der Waals surface area (Å²) in [6, 6.07) is 16.9. The number of H-pyrrole nitrogens is 1. The Bertz CT molecular complexity index is 1400. The van der Waals surface area contributed by atoms with Gasteiger partial charge in [-0.2, -0.15) is 5.10 Å². The highest BCUT2D eigenvalue weighted by Gasteiger charge is 2.11. The zero-order valence-corrected chi connectivity index (χ0v) is 18.5. The second-order valence-electron chi connectivity index (χ2n) is 7.29. The lowest BCUT2D eigenvalue weighted by molar-refractivity contribution is 0.102. The number of aromatic amines is 1. The first-order valence-corrected chi connectivity index (χ1v) is 11.1. The monoisotopic (exact) mass is 456 g/mol. The fourth-order valence-electron chi connectivity index (χ4n) is 3.24. The van der Waals surface area contributed by atoms with Crippen molar-refractivity contribution in [2.75, 3.05) is 10.6 Å². The summed E-state index contributed by atoms with van der Waals surface area (Å²) >= 11 is 1.45. The van der Waals surface area contributed by atoms with Crippen LogP contribution in [0.1, 0.15) is 21.7 Å². The van der Waals surface area contributed by atoms with Crippen molar-refractivity contribution in [2.24, 2.45) is 0 Å². The lowest BCUT2D eigenvalue weighted by Crippen LogP contribution is -2.11. The Hall–Kier alpha value is -4.18. The minimum absolute atomic E-state index is 0.200. The molecule has 0 aliphatic heterocycles. The van der Waals surface area contributed by atoms with Crippen LogP contribution in [0.5, 0.6) is 0 Å². The number of carbonyl (C=O) groups is 1. The van der Waals surface area contributed by atoms with Gasteiger partial charge in [-0.25, -0.2) is 9.50 Å². The smallest absolute Gasteiger partial charge is 0.257 e. The lowest BCUT2D eigenvalue weighted by Gasteiger charge is -2.09. The van der Waals surface area contributed by atoms with Crippen molar-refractivity contribution in [2.45, 2.75) is 23.5 Å². The Morgan fingerprint density at radius 3 is 2.79 bits per heavy atom. The summed E-state index contributed by atoms with van der Waals surface area (Å²) in [5.41, 5.74) is 4.01. The van der Waals surface area contributed by atoms with Gasteiger partial charge in [-0.3, -0.25) is 14.9 Å². The largest absolute Gasteiger partial charge is 0.363 e. The quantitative estimate of drug-likeness (QED) is 0.337. The maximum atomic E-state index is 12.3. The summed E-state index contributed by atoms with van der Waals surface area (Å²) in [6.45, 7) is 2.48. The summed E-state index contributed by atoms with van der Waals surface area (Å²) in [7, 11) is 0. The number of nitrogens with one attached hydrogen (secondary N) is 3. The third-order valence-electron chi connectivity index (χ3n) is 4.84. The molecule has 0 aliphatic carbocycles. The summed E-state index contributed by atoms with van der Waals surface area (Å²) < 4.78 is 1.82. The molecule has 3 N–H and O–H groups in total. The van der Waals surface area contributed by atoms with Gasteiger partial charge in [-0.05, 0) is 67.2 Å². The molecule has 5 rings (SSSR count). The van der Waals surface area contributed by atoms with E-state index >= 15 is 0 Å². The normalized spacial score (nSPS) is 10.9. The van der Waals surface area contributed by atoms with Crippen LogP contribution in [-0.2, 0) is 6.54 Å². The molecule has 5 aromatic rings. The molecule has 0 fully saturated rings. The first-order valence-electron chi connectivity index (χ1n) is 10.2. The highest BCUT2D eigenvalue weighted by molar-refractivity contribution is 7.99. The predicted octanol–water partition coefficient (Wildman–Crippen LogP) is 4.17. The van der Waals surface area contributed by atoms with Crippen LogP contribution in [0.2, 0.25) is 0 Å². The van der Waals surface area contributed by atoms with E-state index in [4.69, 9.17) is 4.98 Å². The minimum atomic E-state index is -0.200. The number of hydrogen-bond donors (Lipinski definition) is 3. The molecule has 0 bridgehead atoms. The summed E-state index contributed by atoms with van der Waals surface area (Å²) in [6.07, 6.45) is 5.07. The third kappa shape index (κ3) is 4.85. The molecule has 0 spiro atoms. The van der Waals surface area contributed by atoms with Gasteiger partial charge in [-0.15, -0.1) is 5.10 Å². The van der Waals surface area contributed by atoms with Gasteiger partial charge in [0.05, 0.1) is 23.3 Å². The van der Waals surface area contributed by atoms with Crippen molar-refractivity contribution in [3.63, 3.8) is 0 Å². The highest BCUT2D eigenvalue weighted by atomic mass is 32.2. The van der Waals surface area contributed by atoms with Crippen molar-refractivity contribution >= 4 is 34.7 Å². The number of aryl methyl sites for hydroxylation is 1. The van der Waals surface area contributed by atoms with Crippen molar-refractivity contribution < 1.29 is 4.79 Å². The molecule has 0 saturated carbocycles. The van der Waals surface area contributed by atoms with E-state index in [1.165, 1.54) is 18.0 Å². The van der Waals surface area contributed by atoms with E-state index in [1.54, 1.807) is 18.3 Å². The SMILES string of the molecule is Cc1cc(NCc2nc(Sc3ccc(NC(=O)c4cccnc4)cc3)nn3cccc23)n[nH]1. The van der Waals surface area contributed by atoms with Gasteiger partial charge in [-0.1, -0.05) is 0 Å². The summed E-state index contributed by atoms with van der Waals surface area (Å²) in [4.78, 5) is 22.0. The lowest BCUT2D eigenvalue weighted by atomic mass is 10.2. The van der Waals surface area contributed by atoms with Crippen LogP contribution in [0.4, 0.5) is 11.5 Å². The first-order chi connectivity index (χ1) is 16.1. The van der Waals surface area contributed by atoms with Gasteiger partial charge in [0.1, 0.15) is 5.82 Å². The van der Waals surface area contributed by atoms with E-state index < -0.39 is 0 Å². The Balaban J connectivity index is 1.30. The van der Waals surface area contributed by atoms with Crippen LogP contribution in [0.25, 0.3) is 5.52 Å². The molecule has 0 radical (unpaired) electrons. The van der Waals surface area contributed by atoms with E-state index in [9.17, 15) is 4.79 Å². The number of nitrogens with zero attached hydrogens (tertiary/aromatic N) is 5. The van der Waals surface area contributed by atoms with Crippen LogP contribution in [0, 0.1) is 6.92 Å². The van der Waals surface area contributed by atoms with Crippen molar-refractivity contribution in [3.8, 4) is 0 Å². The Morgan fingerprint density at radius 1 is 1.15 bits per heavy atom. The first kappa shape index (κ1) is 20.7. The van der Waals surface area contributed by atoms with E-state index in [-0.39, 0.29) is 5.91 Å². The number of anilines is 2. The third-order valence-corrected chi connectivity index (χ3v) is 5.70. The molecular weight excluding hydrogens is 436 g/mol. The van der Waals surface area contributed by atoms with E-state index in [1.807, 2.05) is 60.1 Å². The van der Waals surface area contributed by atoms with Crippen molar-refractivity contribution in [3.05, 3.63) is 90.1 Å². The Labute approximate surface area is 193 Å². The number of hydrogen-bond acceptors (Lipinski definition) is 7. The van der Waals surface area contributed by atoms with E-state index in [0.29, 0.717) is 23.0 Å². The number of carbonyl (C=O) groups excluding carboxylic acids is 1. The molecule has 33 heavy (non-hydrogen) atoms. The van der Waals surface area contributed by atoms with E-state index in [0.717, 1.165) is 27.6 Å². The van der Waals surface area contributed by atoms with Crippen molar-refractivity contribution in [1.29, 1.82) is 0 Å². The maximum Gasteiger partial charge on any atom is 0.257 e. The maximum absolute atomic E-state index is 12.3. The number of benzene rings is 1. The average Bonchev–Trinajstić information content (AvgIpc) is 3.48. The molecule has 4 aromatic heterocycles. The standard InChI is InChI=1S/C23H20N8OS/c1-15-12-21(29-28-15)25-14-19-20-5-3-11-31(20)30-23(27-19)33-18-8-6-17(7-9-18)26-22(32)16-4-2-10-24-13-16/h2-13H,14H2,1H3,(H,26,32)(H2,25,28,29). The van der Waals surface area contributed by atoms with Gasteiger partial charge in [0.25, 0.3) is 5.91 Å². The van der Waals surface area contributed by atoms with Gasteiger partial charge < -0.3 is 10.6 Å². The zero-order valence-electron chi connectivity index (χ0n) is 17.7. The van der Waals surface area contributed by atoms with Gasteiger partial charge in [0.2, 0.25) is 5.16 Å². The summed E-state index contributed by atoms with van der Waals surface area (Å²) in [5.74, 6) is 0.572. The molecule has 10 heteroatoms. The number of amides is 1. The number of rotatable bonds is 7. The van der Waals surface area contributed by atoms with Crippen LogP contribution in [0.15, 0.2) is 83.2 Å². The van der Waals surface area contributed by atoms with Gasteiger partial charge in [0, 0.05) is 40.9 Å². The fourth-order valence-corrected chi connectivity index (χ4v) is 4.01. The second-order valence-corrected chi connectivity index (χ2v) is 8.33. The van der Waals surface area contributed by atoms with Gasteiger partial charge >= 0.3 is 0 Å². The predicted molar refractivity (Wildman–Crippen MR) is 126 cm³/mol. The van der Waals surface area contributed by atoms with Crippen LogP contribution in [0.3, 0.4) is 0 Å². The molecule has 164 valence electrons. The van der Waals surface area contributed by atoms with Crippen molar-refractivity contribution in [1.82, 2.24) is 29.8 Å². The molecule has 1 amide bonds. The average molecular weight is 457 g/mol. The molecule has 1 aromatic carbocycles. The highest BCUT2D eigenvalue weighted by Crippen LogP contribution is 2.27. The van der Waals surface area contributed by atoms with Gasteiger partial charge in [0.15, 0.2) is 0 Å². The molecule has 0 saturated heterocycles. The molecular formula is C23H20N8OS. The molecule has 0 unspecified atom stereocenters. The fraction of sp³-hybridized carbons (Fsp3) is 0.0870. The number of pyridine rings is 1.